The zero-order valence-electron chi connectivity index (χ0n) is 10.9. The van der Waals surface area contributed by atoms with Gasteiger partial charge in [0.1, 0.15) is 5.01 Å². The molecule has 108 valence electrons. The second kappa shape index (κ2) is 7.52. The van der Waals surface area contributed by atoms with E-state index in [9.17, 15) is 9.59 Å². The average Bonchev–Trinajstić information content (AvgIpc) is 3.15. The number of carbonyl (C=O) groups excluding carboxylic acids is 2. The molecule has 21 heavy (non-hydrogen) atoms. The first kappa shape index (κ1) is 15.2. The summed E-state index contributed by atoms with van der Waals surface area (Å²) in [7, 11) is 0. The van der Waals surface area contributed by atoms with Gasteiger partial charge in [0.2, 0.25) is 0 Å². The molecule has 2 heterocycles. The molecule has 6 nitrogen and oxygen atoms in total. The fourth-order valence-electron chi connectivity index (χ4n) is 1.40. The number of nitriles is 1. The van der Waals surface area contributed by atoms with E-state index >= 15 is 0 Å². The topological polar surface area (TPSA) is 92.1 Å². The van der Waals surface area contributed by atoms with Crippen LogP contribution in [0.1, 0.15) is 16.9 Å². The lowest BCUT2D eigenvalue weighted by Gasteiger charge is -2.03. The van der Waals surface area contributed by atoms with Crippen LogP contribution in [0.2, 0.25) is 0 Å². The largest absolute Gasteiger partial charge is 0.451 e. The number of hydrogen-bond donors (Lipinski definition) is 1. The van der Waals surface area contributed by atoms with Crippen molar-refractivity contribution in [2.45, 2.75) is 6.42 Å². The minimum atomic E-state index is -0.636. The molecular weight excluding hydrogens is 310 g/mol. The van der Waals surface area contributed by atoms with Gasteiger partial charge in [-0.15, -0.1) is 11.3 Å². The maximum Gasteiger partial charge on any atom is 0.358 e. The summed E-state index contributed by atoms with van der Waals surface area (Å²) in [5.41, 5.74) is 1.14. The number of aromatic nitrogens is 1. The molecule has 0 fully saturated rings. The predicted octanol–water partition coefficient (Wildman–Crippen LogP) is 2.06. The molecule has 0 aliphatic heterocycles. The van der Waals surface area contributed by atoms with Crippen LogP contribution in [0.4, 0.5) is 0 Å². The molecule has 0 spiro atoms. The summed E-state index contributed by atoms with van der Waals surface area (Å²) in [5, 5.41) is 17.0. The van der Waals surface area contributed by atoms with Crippen LogP contribution in [0.25, 0.3) is 10.6 Å². The summed E-state index contributed by atoms with van der Waals surface area (Å²) < 4.78 is 4.86. The molecule has 2 rings (SSSR count). The van der Waals surface area contributed by atoms with Gasteiger partial charge in [0.25, 0.3) is 5.91 Å². The number of esters is 1. The fraction of sp³-hybridized carbons (Fsp3) is 0.231. The lowest BCUT2D eigenvalue weighted by molar-refractivity contribution is -0.124. The van der Waals surface area contributed by atoms with Gasteiger partial charge < -0.3 is 10.1 Å². The van der Waals surface area contributed by atoms with Gasteiger partial charge in [-0.3, -0.25) is 4.79 Å². The molecule has 0 atom stereocenters. The van der Waals surface area contributed by atoms with E-state index in [1.807, 2.05) is 22.9 Å². The summed E-state index contributed by atoms with van der Waals surface area (Å²) in [6.07, 6.45) is 0.218. The zero-order chi connectivity index (χ0) is 15.1. The van der Waals surface area contributed by atoms with E-state index in [1.54, 1.807) is 16.7 Å². The highest BCUT2D eigenvalue weighted by Crippen LogP contribution is 2.25. The fourth-order valence-corrected chi connectivity index (χ4v) is 2.90. The van der Waals surface area contributed by atoms with Crippen molar-refractivity contribution in [1.29, 1.82) is 5.26 Å². The Morgan fingerprint density at radius 1 is 1.43 bits per heavy atom. The van der Waals surface area contributed by atoms with Crippen LogP contribution in [0.3, 0.4) is 0 Å². The summed E-state index contributed by atoms with van der Waals surface area (Å²) in [6, 6.07) is 3.82. The average molecular weight is 321 g/mol. The number of thiazole rings is 1. The van der Waals surface area contributed by atoms with Gasteiger partial charge in [-0.1, -0.05) is 0 Å². The molecule has 0 unspecified atom stereocenters. The van der Waals surface area contributed by atoms with Crippen molar-refractivity contribution in [1.82, 2.24) is 10.3 Å². The standard InChI is InChI=1S/C13H11N3O3S2/c14-3-1-4-15-11(17)6-19-13(18)10-8-21-12(16-10)9-2-5-20-7-9/h2,5,7-8H,1,4,6H2,(H,15,17). The SMILES string of the molecule is N#CCCNC(=O)COC(=O)c1csc(-c2ccsc2)n1. The minimum absolute atomic E-state index is 0.186. The second-order valence-electron chi connectivity index (χ2n) is 3.88. The molecule has 0 saturated heterocycles. The third kappa shape index (κ3) is 4.37. The zero-order valence-corrected chi connectivity index (χ0v) is 12.5. The number of hydrogen-bond acceptors (Lipinski definition) is 7. The Labute approximate surface area is 129 Å². The van der Waals surface area contributed by atoms with Gasteiger partial charge in [0.05, 0.1) is 12.5 Å². The Morgan fingerprint density at radius 2 is 2.29 bits per heavy atom. The highest BCUT2D eigenvalue weighted by atomic mass is 32.1. The van der Waals surface area contributed by atoms with Gasteiger partial charge in [0.15, 0.2) is 12.3 Å². The first-order valence-electron chi connectivity index (χ1n) is 5.99. The third-order valence-corrected chi connectivity index (χ3v) is 3.95. The molecule has 0 aromatic carbocycles. The van der Waals surface area contributed by atoms with E-state index in [4.69, 9.17) is 10.00 Å². The van der Waals surface area contributed by atoms with Crippen molar-refractivity contribution < 1.29 is 14.3 Å². The maximum atomic E-state index is 11.8. The number of amides is 1. The highest BCUT2D eigenvalue weighted by Gasteiger charge is 2.14. The van der Waals surface area contributed by atoms with Crippen molar-refractivity contribution in [3.05, 3.63) is 27.9 Å². The number of nitrogens with zero attached hydrogens (tertiary/aromatic N) is 2. The van der Waals surface area contributed by atoms with Gasteiger partial charge in [0, 0.05) is 22.9 Å². The predicted molar refractivity (Wildman–Crippen MR) is 78.9 cm³/mol. The smallest absolute Gasteiger partial charge is 0.358 e. The van der Waals surface area contributed by atoms with Crippen molar-refractivity contribution in [2.24, 2.45) is 0 Å². The third-order valence-electron chi connectivity index (χ3n) is 2.37. The van der Waals surface area contributed by atoms with Gasteiger partial charge >= 0.3 is 5.97 Å². The molecule has 0 saturated carbocycles. The number of thiophene rings is 1. The first-order valence-corrected chi connectivity index (χ1v) is 7.82. The number of carbonyl (C=O) groups is 2. The number of ether oxygens (including phenoxy) is 1. The molecule has 2 aromatic heterocycles. The van der Waals surface area contributed by atoms with Crippen LogP contribution in [0.15, 0.2) is 22.2 Å². The van der Waals surface area contributed by atoms with E-state index in [-0.39, 0.29) is 25.3 Å². The molecule has 2 aromatic rings. The van der Waals surface area contributed by atoms with Crippen LogP contribution in [-0.2, 0) is 9.53 Å². The normalized spacial score (nSPS) is 9.86. The molecule has 0 radical (unpaired) electrons. The van der Waals surface area contributed by atoms with E-state index in [0.29, 0.717) is 0 Å². The summed E-state index contributed by atoms with van der Waals surface area (Å²) in [6.45, 7) is -0.137. The number of rotatable bonds is 6. The maximum absolute atomic E-state index is 11.8. The lowest BCUT2D eigenvalue weighted by Crippen LogP contribution is -2.29. The summed E-state index contributed by atoms with van der Waals surface area (Å²) >= 11 is 2.90. The van der Waals surface area contributed by atoms with Crippen LogP contribution in [0, 0.1) is 11.3 Å². The minimum Gasteiger partial charge on any atom is -0.451 e. The summed E-state index contributed by atoms with van der Waals surface area (Å²) in [4.78, 5) is 27.3. The Morgan fingerprint density at radius 3 is 3.00 bits per heavy atom. The summed E-state index contributed by atoms with van der Waals surface area (Å²) in [5.74, 6) is -1.07. The van der Waals surface area contributed by atoms with E-state index in [0.717, 1.165) is 10.6 Å². The monoisotopic (exact) mass is 321 g/mol. The van der Waals surface area contributed by atoms with E-state index in [1.165, 1.54) is 11.3 Å². The van der Waals surface area contributed by atoms with E-state index in [2.05, 4.69) is 10.3 Å². The molecule has 8 heteroatoms. The number of nitrogens with one attached hydrogen (secondary N) is 1. The molecular formula is C13H11N3O3S2. The second-order valence-corrected chi connectivity index (χ2v) is 5.52. The van der Waals surface area contributed by atoms with Crippen molar-refractivity contribution >= 4 is 34.6 Å². The van der Waals surface area contributed by atoms with Crippen LogP contribution >= 0.6 is 22.7 Å². The van der Waals surface area contributed by atoms with Gasteiger partial charge in [-0.2, -0.15) is 16.6 Å². The van der Waals surface area contributed by atoms with E-state index < -0.39 is 11.9 Å². The molecule has 0 bridgehead atoms. The van der Waals surface area contributed by atoms with Crippen molar-refractivity contribution in [2.75, 3.05) is 13.2 Å². The molecule has 1 amide bonds. The molecule has 0 aliphatic rings. The van der Waals surface area contributed by atoms with Crippen LogP contribution in [-0.4, -0.2) is 30.0 Å². The molecule has 0 aliphatic carbocycles. The van der Waals surface area contributed by atoms with Gasteiger partial charge in [-0.05, 0) is 11.4 Å². The van der Waals surface area contributed by atoms with Crippen molar-refractivity contribution in [3.8, 4) is 16.6 Å². The van der Waals surface area contributed by atoms with Gasteiger partial charge in [-0.25, -0.2) is 9.78 Å². The van der Waals surface area contributed by atoms with Crippen molar-refractivity contribution in [3.63, 3.8) is 0 Å². The van der Waals surface area contributed by atoms with Crippen LogP contribution < -0.4 is 5.32 Å². The Bertz CT molecular complexity index is 659. The van der Waals surface area contributed by atoms with Crippen LogP contribution in [0.5, 0.6) is 0 Å². The quantitative estimate of drug-likeness (QED) is 0.649. The highest BCUT2D eigenvalue weighted by molar-refractivity contribution is 7.14. The first-order chi connectivity index (χ1) is 10.2. The Balaban J connectivity index is 1.84. The Kier molecular flexibility index (Phi) is 5.43. The lowest BCUT2D eigenvalue weighted by atomic mass is 10.3. The Hall–Kier alpha value is -2.24. The molecule has 1 N–H and O–H groups in total.